The van der Waals surface area contributed by atoms with Crippen molar-refractivity contribution in [2.75, 3.05) is 0 Å². The third-order valence-electron chi connectivity index (χ3n) is 5.72. The summed E-state index contributed by atoms with van der Waals surface area (Å²) in [5, 5.41) is 0.222. The Bertz CT molecular complexity index is 431. The van der Waals surface area contributed by atoms with E-state index in [9.17, 15) is 4.79 Å². The summed E-state index contributed by atoms with van der Waals surface area (Å²) in [7, 11) is -1.78. The number of allylic oxidation sites excluding steroid dienone is 1. The predicted molar refractivity (Wildman–Crippen MR) is 86.4 cm³/mol. The lowest BCUT2D eigenvalue weighted by molar-refractivity contribution is -0.116. The molecule has 114 valence electrons. The Hall–Kier alpha value is -0.413. The van der Waals surface area contributed by atoms with Crippen LogP contribution in [0.1, 0.15) is 59.8 Å². The molecule has 20 heavy (non-hydrogen) atoms. The van der Waals surface area contributed by atoms with Gasteiger partial charge in [-0.3, -0.25) is 4.79 Å². The van der Waals surface area contributed by atoms with Gasteiger partial charge in [0, 0.05) is 6.42 Å². The van der Waals surface area contributed by atoms with Gasteiger partial charge in [-0.2, -0.15) is 0 Å². The summed E-state index contributed by atoms with van der Waals surface area (Å²) in [4.78, 5) is 11.8. The molecule has 0 radical (unpaired) electrons. The van der Waals surface area contributed by atoms with Crippen LogP contribution in [0.4, 0.5) is 0 Å². The molecule has 0 bridgehead atoms. The van der Waals surface area contributed by atoms with E-state index >= 15 is 0 Å². The Kier molecular flexibility index (Phi) is 4.07. The number of rotatable bonds is 2. The summed E-state index contributed by atoms with van der Waals surface area (Å²) in [6.45, 7) is 13.8. The summed E-state index contributed by atoms with van der Waals surface area (Å²) in [5.74, 6) is 0.295. The standard InChI is InChI=1S/C17H30O2Si/c1-16(2,3)20(5,6)19-15-8-7-10-17(4)11-9-13(18)12-14(15)17/h12,15H,7-11H2,1-6H3/t15-,17+/m1/s1. The van der Waals surface area contributed by atoms with Crippen LogP contribution in [0, 0.1) is 5.41 Å². The average Bonchev–Trinajstić information content (AvgIpc) is 2.29. The van der Waals surface area contributed by atoms with E-state index in [-0.39, 0.29) is 16.6 Å². The van der Waals surface area contributed by atoms with E-state index in [2.05, 4.69) is 40.8 Å². The molecular formula is C17H30O2Si. The Morgan fingerprint density at radius 3 is 2.55 bits per heavy atom. The molecule has 1 saturated carbocycles. The quantitative estimate of drug-likeness (QED) is 0.680. The van der Waals surface area contributed by atoms with E-state index in [0.29, 0.717) is 12.2 Å². The highest BCUT2D eigenvalue weighted by Gasteiger charge is 2.45. The van der Waals surface area contributed by atoms with Crippen LogP contribution in [-0.4, -0.2) is 20.2 Å². The highest BCUT2D eigenvalue weighted by Crippen LogP contribution is 2.49. The molecule has 0 aromatic heterocycles. The zero-order valence-electron chi connectivity index (χ0n) is 14.0. The maximum atomic E-state index is 11.8. The fraction of sp³-hybridized carbons (Fsp3) is 0.824. The van der Waals surface area contributed by atoms with Crippen molar-refractivity contribution in [2.24, 2.45) is 5.41 Å². The minimum absolute atomic E-state index is 0.180. The van der Waals surface area contributed by atoms with E-state index in [1.54, 1.807) is 0 Å². The fourth-order valence-electron chi connectivity index (χ4n) is 3.20. The highest BCUT2D eigenvalue weighted by atomic mass is 28.4. The Morgan fingerprint density at radius 2 is 1.95 bits per heavy atom. The fourth-order valence-corrected chi connectivity index (χ4v) is 4.51. The van der Waals surface area contributed by atoms with Gasteiger partial charge in [0.15, 0.2) is 14.1 Å². The molecule has 2 nitrogen and oxygen atoms in total. The van der Waals surface area contributed by atoms with Crippen LogP contribution in [0.5, 0.6) is 0 Å². The Morgan fingerprint density at radius 1 is 1.30 bits per heavy atom. The number of hydrogen-bond acceptors (Lipinski definition) is 2. The Labute approximate surface area is 125 Å². The summed E-state index contributed by atoms with van der Waals surface area (Å²) in [5.41, 5.74) is 1.50. The van der Waals surface area contributed by atoms with Gasteiger partial charge in [-0.05, 0) is 60.9 Å². The first-order chi connectivity index (χ1) is 9.05. The number of carbonyl (C=O) groups is 1. The van der Waals surface area contributed by atoms with E-state index < -0.39 is 8.32 Å². The van der Waals surface area contributed by atoms with Gasteiger partial charge in [-0.1, -0.05) is 27.7 Å². The van der Waals surface area contributed by atoms with Crippen molar-refractivity contribution in [1.82, 2.24) is 0 Å². The van der Waals surface area contributed by atoms with Crippen molar-refractivity contribution in [3.05, 3.63) is 11.6 Å². The van der Waals surface area contributed by atoms with Gasteiger partial charge in [0.25, 0.3) is 0 Å². The lowest BCUT2D eigenvalue weighted by Crippen LogP contribution is -2.47. The maximum Gasteiger partial charge on any atom is 0.192 e. The van der Waals surface area contributed by atoms with Crippen molar-refractivity contribution in [3.63, 3.8) is 0 Å². The first kappa shape index (κ1) is 16.0. The zero-order chi connectivity index (χ0) is 15.2. The van der Waals surface area contributed by atoms with Crippen LogP contribution in [0.15, 0.2) is 11.6 Å². The molecule has 0 saturated heterocycles. The number of ketones is 1. The second-order valence-electron chi connectivity index (χ2n) is 8.39. The smallest absolute Gasteiger partial charge is 0.192 e. The normalized spacial score (nSPS) is 31.8. The van der Waals surface area contributed by atoms with Crippen molar-refractivity contribution in [1.29, 1.82) is 0 Å². The van der Waals surface area contributed by atoms with Crippen molar-refractivity contribution in [2.45, 2.75) is 84.0 Å². The minimum Gasteiger partial charge on any atom is -0.410 e. The minimum atomic E-state index is -1.78. The lowest BCUT2D eigenvalue weighted by Gasteiger charge is -2.47. The molecule has 0 amide bonds. The van der Waals surface area contributed by atoms with E-state index in [1.807, 2.05) is 6.08 Å². The molecule has 0 aromatic rings. The van der Waals surface area contributed by atoms with Crippen LogP contribution in [0.2, 0.25) is 18.1 Å². The van der Waals surface area contributed by atoms with Gasteiger partial charge in [-0.15, -0.1) is 0 Å². The van der Waals surface area contributed by atoms with Gasteiger partial charge in [0.05, 0.1) is 6.10 Å². The van der Waals surface area contributed by atoms with Crippen LogP contribution < -0.4 is 0 Å². The van der Waals surface area contributed by atoms with Gasteiger partial charge in [-0.25, -0.2) is 0 Å². The number of carbonyl (C=O) groups excluding carboxylic acids is 1. The van der Waals surface area contributed by atoms with Gasteiger partial charge in [0.2, 0.25) is 0 Å². The molecule has 2 aliphatic rings. The monoisotopic (exact) mass is 294 g/mol. The zero-order valence-corrected chi connectivity index (χ0v) is 15.0. The summed E-state index contributed by atoms with van der Waals surface area (Å²) < 4.78 is 6.64. The van der Waals surface area contributed by atoms with Crippen LogP contribution in [0.25, 0.3) is 0 Å². The molecule has 2 atom stereocenters. The van der Waals surface area contributed by atoms with Crippen molar-refractivity contribution in [3.8, 4) is 0 Å². The highest BCUT2D eigenvalue weighted by molar-refractivity contribution is 6.74. The van der Waals surface area contributed by atoms with Crippen molar-refractivity contribution >= 4 is 14.1 Å². The molecule has 2 rings (SSSR count). The Balaban J connectivity index is 2.26. The molecule has 0 unspecified atom stereocenters. The second-order valence-corrected chi connectivity index (χ2v) is 13.1. The summed E-state index contributed by atoms with van der Waals surface area (Å²) in [6, 6.07) is 0. The van der Waals surface area contributed by atoms with Gasteiger partial charge < -0.3 is 4.43 Å². The molecular weight excluding hydrogens is 264 g/mol. The number of hydrogen-bond donors (Lipinski definition) is 0. The molecule has 0 heterocycles. The SMILES string of the molecule is CC(C)(C)[Si](C)(C)O[C@@H]1CCC[C@@]2(C)CCC(=O)C=C12. The van der Waals surface area contributed by atoms with E-state index in [0.717, 1.165) is 12.8 Å². The molecule has 2 aliphatic carbocycles. The van der Waals surface area contributed by atoms with Crippen LogP contribution in [-0.2, 0) is 9.22 Å². The molecule has 0 aromatic carbocycles. The molecule has 1 fully saturated rings. The van der Waals surface area contributed by atoms with E-state index in [1.165, 1.54) is 18.4 Å². The molecule has 0 N–H and O–H groups in total. The van der Waals surface area contributed by atoms with Gasteiger partial charge in [0.1, 0.15) is 0 Å². The average molecular weight is 295 g/mol. The predicted octanol–water partition coefficient (Wildman–Crippen LogP) is 4.86. The first-order valence-corrected chi connectivity index (χ1v) is 10.9. The lowest BCUT2D eigenvalue weighted by atomic mass is 9.65. The summed E-state index contributed by atoms with van der Waals surface area (Å²) >= 11 is 0. The largest absolute Gasteiger partial charge is 0.410 e. The third kappa shape index (κ3) is 2.94. The number of fused-ring (bicyclic) bond motifs is 1. The van der Waals surface area contributed by atoms with Crippen LogP contribution in [0.3, 0.4) is 0 Å². The van der Waals surface area contributed by atoms with E-state index in [4.69, 9.17) is 4.43 Å². The summed E-state index contributed by atoms with van der Waals surface area (Å²) in [6.07, 6.45) is 7.34. The first-order valence-electron chi connectivity index (χ1n) is 7.98. The topological polar surface area (TPSA) is 26.3 Å². The van der Waals surface area contributed by atoms with Gasteiger partial charge >= 0.3 is 0 Å². The molecule has 3 heteroatoms. The molecule has 0 aliphatic heterocycles. The maximum absolute atomic E-state index is 11.8. The second kappa shape index (κ2) is 5.10. The third-order valence-corrected chi connectivity index (χ3v) is 10.2. The molecule has 0 spiro atoms. The van der Waals surface area contributed by atoms with Crippen molar-refractivity contribution < 1.29 is 9.22 Å². The van der Waals surface area contributed by atoms with Crippen LogP contribution >= 0.6 is 0 Å².